The Kier molecular flexibility index (Phi) is 6.21. The molecule has 0 saturated carbocycles. The van der Waals surface area contributed by atoms with E-state index in [-0.39, 0.29) is 17.4 Å². The van der Waals surface area contributed by atoms with Gasteiger partial charge < -0.3 is 24.4 Å². The molecule has 8 nitrogen and oxygen atoms in total. The lowest BCUT2D eigenvalue weighted by Gasteiger charge is -2.34. The molecule has 1 N–H and O–H groups in total. The molecule has 2 heterocycles. The van der Waals surface area contributed by atoms with Crippen molar-refractivity contribution in [1.29, 1.82) is 0 Å². The van der Waals surface area contributed by atoms with Crippen LogP contribution < -0.4 is 14.8 Å². The van der Waals surface area contributed by atoms with E-state index in [1.54, 1.807) is 25.2 Å². The van der Waals surface area contributed by atoms with Crippen molar-refractivity contribution in [1.82, 2.24) is 14.9 Å². The molecule has 1 saturated heterocycles. The van der Waals surface area contributed by atoms with E-state index in [0.29, 0.717) is 35.9 Å². The molecule has 1 aliphatic rings. The van der Waals surface area contributed by atoms with Crippen molar-refractivity contribution in [2.75, 3.05) is 32.6 Å². The summed E-state index contributed by atoms with van der Waals surface area (Å²) in [6.07, 6.45) is 1.27. The summed E-state index contributed by atoms with van der Waals surface area (Å²) in [7, 11) is 3.16. The highest BCUT2D eigenvalue weighted by Crippen LogP contribution is 2.35. The SMILES string of the molecule is COc1cc2nc(Cl)nc(NC3CCN(C(=O)OC(C)(C)C)CC3)c2cc1OC. The second kappa shape index (κ2) is 8.49. The molecule has 1 aromatic heterocycles. The van der Waals surface area contributed by atoms with Crippen LogP contribution in [0.15, 0.2) is 12.1 Å². The van der Waals surface area contributed by atoms with Crippen LogP contribution >= 0.6 is 11.6 Å². The van der Waals surface area contributed by atoms with Crippen molar-refractivity contribution in [2.24, 2.45) is 0 Å². The van der Waals surface area contributed by atoms with Crippen LogP contribution in [0.25, 0.3) is 10.9 Å². The first-order valence-electron chi connectivity index (χ1n) is 9.54. The number of anilines is 1. The fourth-order valence-corrected chi connectivity index (χ4v) is 3.44. The van der Waals surface area contributed by atoms with Gasteiger partial charge in [-0.25, -0.2) is 14.8 Å². The summed E-state index contributed by atoms with van der Waals surface area (Å²) in [6, 6.07) is 3.76. The highest BCUT2D eigenvalue weighted by molar-refractivity contribution is 6.28. The molecule has 1 aliphatic heterocycles. The Bertz CT molecular complexity index is 892. The quantitative estimate of drug-likeness (QED) is 0.742. The number of likely N-dealkylation sites (tertiary alicyclic amines) is 1. The van der Waals surface area contributed by atoms with Gasteiger partial charge in [0.1, 0.15) is 11.4 Å². The highest BCUT2D eigenvalue weighted by atomic mass is 35.5. The maximum Gasteiger partial charge on any atom is 0.410 e. The van der Waals surface area contributed by atoms with Crippen LogP contribution in [-0.4, -0.2) is 59.9 Å². The number of nitrogens with one attached hydrogen (secondary N) is 1. The van der Waals surface area contributed by atoms with Gasteiger partial charge in [0.2, 0.25) is 5.28 Å². The second-order valence-electron chi connectivity index (χ2n) is 7.95. The number of aromatic nitrogens is 2. The normalized spacial score (nSPS) is 15.3. The molecule has 0 radical (unpaired) electrons. The summed E-state index contributed by atoms with van der Waals surface area (Å²) in [5.74, 6) is 1.80. The topological polar surface area (TPSA) is 85.8 Å². The fraction of sp³-hybridized carbons (Fsp3) is 0.550. The lowest BCUT2D eigenvalue weighted by atomic mass is 10.0. The predicted molar refractivity (Wildman–Crippen MR) is 112 cm³/mol. The summed E-state index contributed by atoms with van der Waals surface area (Å²) in [6.45, 7) is 6.83. The molecule has 0 unspecified atom stereocenters. The van der Waals surface area contributed by atoms with Gasteiger partial charge in [-0.1, -0.05) is 0 Å². The zero-order valence-corrected chi connectivity index (χ0v) is 18.2. The lowest BCUT2D eigenvalue weighted by Crippen LogP contribution is -2.44. The number of methoxy groups -OCH3 is 2. The molecule has 0 aliphatic carbocycles. The number of piperidine rings is 1. The zero-order valence-electron chi connectivity index (χ0n) is 17.4. The summed E-state index contributed by atoms with van der Waals surface area (Å²) in [5, 5.41) is 4.39. The van der Waals surface area contributed by atoms with Crippen LogP contribution in [0.4, 0.5) is 10.6 Å². The first-order valence-corrected chi connectivity index (χ1v) is 9.91. The molecule has 1 amide bonds. The van der Waals surface area contributed by atoms with Crippen LogP contribution in [0.5, 0.6) is 11.5 Å². The van der Waals surface area contributed by atoms with Gasteiger partial charge in [-0.05, 0) is 51.3 Å². The average molecular weight is 423 g/mol. The molecule has 1 fully saturated rings. The van der Waals surface area contributed by atoms with E-state index < -0.39 is 5.60 Å². The van der Waals surface area contributed by atoms with Crippen molar-refractivity contribution in [3.63, 3.8) is 0 Å². The van der Waals surface area contributed by atoms with Gasteiger partial charge in [0.15, 0.2) is 11.5 Å². The molecule has 0 atom stereocenters. The Labute approximate surface area is 175 Å². The first kappa shape index (κ1) is 21.2. The lowest BCUT2D eigenvalue weighted by molar-refractivity contribution is 0.0210. The predicted octanol–water partition coefficient (Wildman–Crippen LogP) is 4.11. The molecule has 158 valence electrons. The molecule has 1 aromatic carbocycles. The van der Waals surface area contributed by atoms with E-state index in [2.05, 4.69) is 15.3 Å². The number of nitrogens with zero attached hydrogens (tertiary/aromatic N) is 3. The standard InChI is InChI=1S/C20H27ClN4O4/c1-20(2,3)29-19(26)25-8-6-12(7-9-25)22-17-13-10-15(27-4)16(28-5)11-14(13)23-18(21)24-17/h10-12H,6-9H2,1-5H3,(H,22,23,24). The summed E-state index contributed by atoms with van der Waals surface area (Å²) < 4.78 is 16.2. The highest BCUT2D eigenvalue weighted by Gasteiger charge is 2.27. The fourth-order valence-electron chi connectivity index (χ4n) is 3.26. The number of hydrogen-bond donors (Lipinski definition) is 1. The van der Waals surface area contributed by atoms with Crippen molar-refractivity contribution in [2.45, 2.75) is 45.3 Å². The third-order valence-electron chi connectivity index (χ3n) is 4.66. The molecule has 9 heteroatoms. The van der Waals surface area contributed by atoms with Gasteiger partial charge in [-0.2, -0.15) is 0 Å². The molecule has 0 bridgehead atoms. The number of hydrogen-bond acceptors (Lipinski definition) is 7. The number of halogens is 1. The Morgan fingerprint density at radius 1 is 1.14 bits per heavy atom. The van der Waals surface area contributed by atoms with Crippen molar-refractivity contribution < 1.29 is 19.0 Å². The maximum atomic E-state index is 12.2. The molecular weight excluding hydrogens is 396 g/mol. The number of carbonyl (C=O) groups excluding carboxylic acids is 1. The Morgan fingerprint density at radius 2 is 1.76 bits per heavy atom. The Morgan fingerprint density at radius 3 is 2.34 bits per heavy atom. The van der Waals surface area contributed by atoms with Crippen LogP contribution in [0, 0.1) is 0 Å². The number of ether oxygens (including phenoxy) is 3. The minimum absolute atomic E-state index is 0.149. The third kappa shape index (κ3) is 5.12. The van der Waals surface area contributed by atoms with E-state index in [0.717, 1.165) is 18.2 Å². The van der Waals surface area contributed by atoms with Gasteiger partial charge in [0.05, 0.1) is 19.7 Å². The van der Waals surface area contributed by atoms with Gasteiger partial charge in [0.25, 0.3) is 0 Å². The maximum absolute atomic E-state index is 12.2. The summed E-state index contributed by atoms with van der Waals surface area (Å²) in [5.41, 5.74) is 0.166. The van der Waals surface area contributed by atoms with Crippen molar-refractivity contribution in [3.8, 4) is 11.5 Å². The van der Waals surface area contributed by atoms with E-state index in [1.807, 2.05) is 26.8 Å². The number of benzene rings is 1. The van der Waals surface area contributed by atoms with Gasteiger partial charge in [0, 0.05) is 30.6 Å². The van der Waals surface area contributed by atoms with E-state index in [9.17, 15) is 4.79 Å². The number of fused-ring (bicyclic) bond motifs is 1. The Balaban J connectivity index is 1.75. The molecule has 0 spiro atoms. The second-order valence-corrected chi connectivity index (χ2v) is 8.29. The van der Waals surface area contributed by atoms with E-state index in [1.165, 1.54) is 0 Å². The van der Waals surface area contributed by atoms with E-state index >= 15 is 0 Å². The molecule has 2 aromatic rings. The number of carbonyl (C=O) groups is 1. The summed E-state index contributed by atoms with van der Waals surface area (Å²) in [4.78, 5) is 22.6. The molecule has 3 rings (SSSR count). The van der Waals surface area contributed by atoms with Crippen molar-refractivity contribution >= 4 is 34.4 Å². The average Bonchev–Trinajstić information content (AvgIpc) is 2.66. The zero-order chi connectivity index (χ0) is 21.2. The molecular formula is C20H27ClN4O4. The minimum Gasteiger partial charge on any atom is -0.493 e. The van der Waals surface area contributed by atoms with E-state index in [4.69, 9.17) is 25.8 Å². The van der Waals surface area contributed by atoms with Crippen molar-refractivity contribution in [3.05, 3.63) is 17.4 Å². The first-order chi connectivity index (χ1) is 13.7. The minimum atomic E-state index is -0.497. The van der Waals surface area contributed by atoms with Crippen LogP contribution in [-0.2, 0) is 4.74 Å². The Hall–Kier alpha value is -2.48. The smallest absolute Gasteiger partial charge is 0.410 e. The molecule has 29 heavy (non-hydrogen) atoms. The third-order valence-corrected chi connectivity index (χ3v) is 4.83. The summed E-state index contributed by atoms with van der Waals surface area (Å²) >= 11 is 6.13. The van der Waals surface area contributed by atoms with Gasteiger partial charge in [-0.3, -0.25) is 0 Å². The largest absolute Gasteiger partial charge is 0.493 e. The number of amides is 1. The van der Waals surface area contributed by atoms with Gasteiger partial charge >= 0.3 is 6.09 Å². The van der Waals surface area contributed by atoms with Gasteiger partial charge in [-0.15, -0.1) is 0 Å². The van der Waals surface area contributed by atoms with Crippen LogP contribution in [0.2, 0.25) is 5.28 Å². The monoisotopic (exact) mass is 422 g/mol. The van der Waals surface area contributed by atoms with Crippen LogP contribution in [0.1, 0.15) is 33.6 Å². The van der Waals surface area contributed by atoms with Crippen LogP contribution in [0.3, 0.4) is 0 Å². The number of rotatable bonds is 4.